The van der Waals surface area contributed by atoms with Gasteiger partial charge in [-0.3, -0.25) is 24.0 Å². The number of hydrogen-bond donors (Lipinski definition) is 3. The number of aliphatic hydroxyl groups excluding tert-OH is 2. The zero-order chi connectivity index (χ0) is 54.7. The molecule has 3 N–H and O–H groups in total. The highest BCUT2D eigenvalue weighted by Gasteiger charge is 2.66. The predicted molar refractivity (Wildman–Crippen MR) is 297 cm³/mol. The number of carbonyl (C=O) groups is 6. The summed E-state index contributed by atoms with van der Waals surface area (Å²) in [6, 6.07) is 11.6. The van der Waals surface area contributed by atoms with Gasteiger partial charge in [-0.2, -0.15) is 0 Å². The van der Waals surface area contributed by atoms with Gasteiger partial charge in [-0.15, -0.1) is 23.7 Å². The van der Waals surface area contributed by atoms with Gasteiger partial charge in [0.15, 0.2) is 0 Å². The molecule has 428 valence electrons. The van der Waals surface area contributed by atoms with Crippen molar-refractivity contribution in [2.24, 2.45) is 58.2 Å². The predicted octanol–water partition coefficient (Wildman–Crippen LogP) is 9.91. The number of nitrogens with one attached hydrogen (secondary N) is 1. The van der Waals surface area contributed by atoms with Crippen LogP contribution in [0, 0.1) is 58.2 Å². The number of esters is 4. The molecule has 17 heteroatoms. The molecule has 5 saturated carbocycles. The summed E-state index contributed by atoms with van der Waals surface area (Å²) in [4.78, 5) is 85.1. The van der Waals surface area contributed by atoms with Gasteiger partial charge in [-0.1, -0.05) is 58.0 Å². The van der Waals surface area contributed by atoms with Gasteiger partial charge >= 0.3 is 23.9 Å². The van der Waals surface area contributed by atoms with E-state index in [0.29, 0.717) is 43.7 Å². The fourth-order valence-electron chi connectivity index (χ4n) is 15.1. The van der Waals surface area contributed by atoms with Gasteiger partial charge < -0.3 is 44.3 Å². The van der Waals surface area contributed by atoms with Crippen molar-refractivity contribution in [1.29, 1.82) is 0 Å². The molecular weight excluding hydrogens is 1020 g/mol. The Hall–Kier alpha value is -4.09. The number of aliphatic hydroxyl groups is 2. The van der Waals surface area contributed by atoms with Crippen LogP contribution in [-0.2, 0) is 42.9 Å². The highest BCUT2D eigenvalue weighted by atomic mass is 35.5. The molecule has 11 atom stereocenters. The van der Waals surface area contributed by atoms with Crippen molar-refractivity contribution in [1.82, 2.24) is 10.2 Å². The minimum atomic E-state index is -0.708. The summed E-state index contributed by atoms with van der Waals surface area (Å²) in [5, 5.41) is 26.9. The lowest BCUT2D eigenvalue weighted by Gasteiger charge is -2.63. The molecule has 1 saturated heterocycles. The summed E-state index contributed by atoms with van der Waals surface area (Å²) in [5.41, 5.74) is 0.259. The zero-order valence-corrected chi connectivity index (χ0v) is 48.6. The van der Waals surface area contributed by atoms with Gasteiger partial charge in [0, 0.05) is 23.3 Å². The molecule has 2 amide bonds. The quantitative estimate of drug-likeness (QED) is 0.0769. The average molecular weight is 1110 g/mol. The first-order chi connectivity index (χ1) is 36.0. The molecule has 0 spiro atoms. The number of amides is 2. The smallest absolute Gasteiger partial charge is 0.353 e. The largest absolute Gasteiger partial charge is 0.462 e. The molecule has 1 aromatic heterocycles. The molecule has 2 aromatic rings. The van der Waals surface area contributed by atoms with Crippen molar-refractivity contribution in [2.45, 2.75) is 188 Å². The van der Waals surface area contributed by atoms with Gasteiger partial charge in [0.05, 0.1) is 30.7 Å². The van der Waals surface area contributed by atoms with E-state index in [1.54, 1.807) is 20.8 Å². The van der Waals surface area contributed by atoms with Gasteiger partial charge in [0.1, 0.15) is 23.1 Å². The number of benzene rings is 1. The average Bonchev–Trinajstić information content (AvgIpc) is 4.10. The van der Waals surface area contributed by atoms with Crippen molar-refractivity contribution < 1.29 is 57.9 Å². The lowest BCUT2D eigenvalue weighted by Crippen LogP contribution is -2.62. The lowest BCUT2D eigenvalue weighted by atomic mass is 9.43. The van der Waals surface area contributed by atoms with Gasteiger partial charge in [-0.25, -0.2) is 4.79 Å². The van der Waals surface area contributed by atoms with Crippen LogP contribution >= 0.6 is 23.7 Å². The van der Waals surface area contributed by atoms with Crippen LogP contribution in [0.4, 0.5) is 5.69 Å². The standard InChI is InChI=1S/C60H87N3O12S.ClH/c1-36-14-17-39(18-15-36)56(70)63(41-25-28-62(8)29-26-41)46-33-48(38-12-10-9-11-13-38)76-55(46)57(71)73-35-72-51(67)22-23-52(68)74-42-24-27-59(6)40(30-42)31-47(64)54-44-20-19-43(60(44,7)49(65)32-45(54)59)37(2)16-21-50(66)61-34-53(69)75-58(3,4)5;/h9-13,33,36-37,39-45,47,49,54,64-65H,14-32,34-35H2,1-8H3,(H,61,66);1H/t36?,37?,39?,40?,42-,43?,44?,45?,47?,49-,54?,59-,60+;/m0./s1. The van der Waals surface area contributed by atoms with Crippen LogP contribution in [0.3, 0.4) is 0 Å². The van der Waals surface area contributed by atoms with E-state index in [1.165, 1.54) is 11.3 Å². The molecule has 77 heavy (non-hydrogen) atoms. The number of halogens is 1. The van der Waals surface area contributed by atoms with Crippen molar-refractivity contribution in [3.05, 3.63) is 41.3 Å². The number of fused-ring (bicyclic) bond motifs is 5. The van der Waals surface area contributed by atoms with Crippen LogP contribution < -0.4 is 10.2 Å². The Kier molecular flexibility index (Phi) is 20.1. The maximum Gasteiger partial charge on any atom is 0.353 e. The molecule has 1 aliphatic heterocycles. The van der Waals surface area contributed by atoms with Crippen LogP contribution in [-0.4, -0.2) is 114 Å². The van der Waals surface area contributed by atoms with E-state index in [-0.39, 0.29) is 114 Å². The van der Waals surface area contributed by atoms with E-state index in [2.05, 4.69) is 45.0 Å². The SMILES string of the molecule is CC1CCC(C(=O)N(c2cc(-c3ccccc3)sc2C(=O)OCOC(=O)CCC(=O)O[C@H]2CC[C@@]3(C)C(CC(O)C4C3C[C@H](O)[C@]3(C)C(C(C)CCC(=O)NCC(=O)OC(C)(C)C)CCC43)C2)C2CCN(C)CC2)CC1.Cl. The molecule has 5 aliphatic carbocycles. The van der Waals surface area contributed by atoms with Crippen LogP contribution in [0.15, 0.2) is 36.4 Å². The highest BCUT2D eigenvalue weighted by molar-refractivity contribution is 7.18. The first-order valence-electron chi connectivity index (χ1n) is 28.6. The van der Waals surface area contributed by atoms with Crippen LogP contribution in [0.5, 0.6) is 0 Å². The second kappa shape index (κ2) is 25.6. The zero-order valence-electron chi connectivity index (χ0n) is 46.9. The maximum absolute atomic E-state index is 14.6. The summed E-state index contributed by atoms with van der Waals surface area (Å²) in [7, 11) is 2.08. The molecule has 1 aromatic carbocycles. The number of anilines is 1. The third kappa shape index (κ3) is 13.9. The molecule has 15 nitrogen and oxygen atoms in total. The van der Waals surface area contributed by atoms with Gasteiger partial charge in [0.2, 0.25) is 18.6 Å². The topological polar surface area (TPSA) is 198 Å². The molecule has 6 fully saturated rings. The summed E-state index contributed by atoms with van der Waals surface area (Å²) < 4.78 is 22.3. The molecular formula is C60H88ClN3O12S. The summed E-state index contributed by atoms with van der Waals surface area (Å²) in [6.45, 7) is 15.1. The first kappa shape index (κ1) is 60.5. The van der Waals surface area contributed by atoms with E-state index in [0.717, 1.165) is 81.3 Å². The minimum absolute atomic E-state index is 0. The molecule has 2 heterocycles. The van der Waals surface area contributed by atoms with E-state index in [1.807, 2.05) is 41.3 Å². The van der Waals surface area contributed by atoms with E-state index in [9.17, 15) is 39.0 Å². The van der Waals surface area contributed by atoms with Crippen LogP contribution in [0.25, 0.3) is 10.4 Å². The summed E-state index contributed by atoms with van der Waals surface area (Å²) in [5.74, 6) is -1.40. The third-order valence-electron chi connectivity index (χ3n) is 19.3. The fourth-order valence-corrected chi connectivity index (χ4v) is 16.1. The number of thiophene rings is 1. The van der Waals surface area contributed by atoms with E-state index >= 15 is 0 Å². The third-order valence-corrected chi connectivity index (χ3v) is 20.4. The summed E-state index contributed by atoms with van der Waals surface area (Å²) in [6.07, 6.45) is 9.13. The normalized spacial score (nSPS) is 31.7. The number of rotatable bonds is 17. The van der Waals surface area contributed by atoms with Crippen molar-refractivity contribution in [3.8, 4) is 10.4 Å². The lowest BCUT2D eigenvalue weighted by molar-refractivity contribution is -0.209. The summed E-state index contributed by atoms with van der Waals surface area (Å²) >= 11 is 1.26. The number of hydrogen-bond acceptors (Lipinski definition) is 14. The molecule has 0 radical (unpaired) electrons. The fraction of sp³-hybridized carbons (Fsp3) is 0.733. The molecule has 8 rings (SSSR count). The van der Waals surface area contributed by atoms with Gasteiger partial charge in [-0.05, 0) is 195 Å². The van der Waals surface area contributed by atoms with Crippen LogP contribution in [0.2, 0.25) is 0 Å². The Morgan fingerprint density at radius 2 is 1.53 bits per heavy atom. The van der Waals surface area contributed by atoms with E-state index in [4.69, 9.17) is 18.9 Å². The number of ether oxygens (including phenoxy) is 4. The Labute approximate surface area is 467 Å². The number of carbonyl (C=O) groups excluding carboxylic acids is 6. The van der Waals surface area contributed by atoms with Crippen molar-refractivity contribution in [3.63, 3.8) is 0 Å². The highest BCUT2D eigenvalue weighted by Crippen LogP contribution is 2.68. The second-order valence-electron chi connectivity index (χ2n) is 25.3. The molecule has 0 bridgehead atoms. The Balaban J connectivity index is 0.00000861. The Bertz CT molecular complexity index is 2380. The number of likely N-dealkylation sites (tertiary alicyclic amines) is 1. The van der Waals surface area contributed by atoms with Gasteiger partial charge in [0.25, 0.3) is 0 Å². The van der Waals surface area contributed by atoms with Crippen molar-refractivity contribution in [2.75, 3.05) is 38.4 Å². The molecule has 7 unspecified atom stereocenters. The maximum atomic E-state index is 14.6. The van der Waals surface area contributed by atoms with Crippen molar-refractivity contribution >= 4 is 65.1 Å². The molecule has 6 aliphatic rings. The first-order valence-corrected chi connectivity index (χ1v) is 29.4. The van der Waals surface area contributed by atoms with E-state index < -0.39 is 53.9 Å². The number of nitrogens with zero attached hydrogens (tertiary/aromatic N) is 2. The Morgan fingerprint density at radius 3 is 2.22 bits per heavy atom. The number of piperidine rings is 1. The Morgan fingerprint density at radius 1 is 0.844 bits per heavy atom. The monoisotopic (exact) mass is 1110 g/mol. The second-order valence-corrected chi connectivity index (χ2v) is 26.4. The van der Waals surface area contributed by atoms with Crippen LogP contribution in [0.1, 0.15) is 167 Å². The minimum Gasteiger partial charge on any atom is -0.462 e.